The van der Waals surface area contributed by atoms with Crippen LogP contribution in [-0.4, -0.2) is 75.9 Å². The van der Waals surface area contributed by atoms with Crippen LogP contribution in [0.5, 0.6) is 11.5 Å². The summed E-state index contributed by atoms with van der Waals surface area (Å²) in [6.45, 7) is 14.7. The molecule has 1 aromatic carbocycles. The van der Waals surface area contributed by atoms with Crippen LogP contribution in [-0.2, 0) is 35.1 Å². The van der Waals surface area contributed by atoms with Gasteiger partial charge in [-0.05, 0) is 124 Å². The second kappa shape index (κ2) is 20.7. The number of pyridine rings is 1. The van der Waals surface area contributed by atoms with Gasteiger partial charge in [0.25, 0.3) is 0 Å². The quantitative estimate of drug-likeness (QED) is 0.0641. The Kier molecular flexibility index (Phi) is 17.0. The summed E-state index contributed by atoms with van der Waals surface area (Å²) in [6.07, 6.45) is 11.6. The van der Waals surface area contributed by atoms with Crippen molar-refractivity contribution in [2.75, 3.05) is 31.4 Å². The number of Topliss-reactive ketones (excluding diaryl/α,β-unsaturated/α-hetero) is 1. The lowest BCUT2D eigenvalue weighted by atomic mass is 9.78. The minimum Gasteiger partial charge on any atom is -0.493 e. The number of carbonyl (C=O) groups is 3. The van der Waals surface area contributed by atoms with E-state index < -0.39 is 32.8 Å². The maximum atomic E-state index is 13.8. The zero-order chi connectivity index (χ0) is 40.3. The van der Waals surface area contributed by atoms with Crippen molar-refractivity contribution in [2.24, 2.45) is 23.7 Å². The lowest BCUT2D eigenvalue weighted by molar-refractivity contribution is -0.169. The summed E-state index contributed by atoms with van der Waals surface area (Å²) in [4.78, 5) is 46.7. The molecule has 12 heteroatoms. The van der Waals surface area contributed by atoms with Gasteiger partial charge in [-0.15, -0.1) is 11.8 Å². The molecule has 0 radical (unpaired) electrons. The van der Waals surface area contributed by atoms with Crippen LogP contribution in [0.3, 0.4) is 0 Å². The molecule has 0 amide bonds. The standard InChI is InChI=1S/C43H63IN2O8S/c1-10-19-42(6,51-9)26-28(2)24-29(3)39(48)53-41(44)43(7)37(30(4)31(5)47)38(40(49)54-43)55-23-22-46(27-32-17-20-45-21-18-32)33-15-16-35(50-8)36(25-33)52-34-13-11-12-14-34/h15-18,20-21,25,28-30,34,37-38,41H,10-14,19,22-24,26-27H2,1-9H3/t28-,29+,30-,37-,38-,41-,42+,43-/m0/s1. The lowest BCUT2D eigenvalue weighted by Gasteiger charge is -2.37. The molecule has 10 nitrogen and oxygen atoms in total. The molecular formula is C43H63IN2O8S. The molecule has 55 heavy (non-hydrogen) atoms. The molecule has 1 aliphatic heterocycles. The maximum absolute atomic E-state index is 13.8. The fraction of sp³-hybridized carbons (Fsp3) is 0.674. The number of hydrogen-bond acceptors (Lipinski definition) is 11. The summed E-state index contributed by atoms with van der Waals surface area (Å²) in [6, 6.07) is 10.0. The molecule has 1 aromatic heterocycles. The number of esters is 2. The first-order valence-electron chi connectivity index (χ1n) is 19.9. The summed E-state index contributed by atoms with van der Waals surface area (Å²) >= 11 is 3.56. The van der Waals surface area contributed by atoms with Gasteiger partial charge in [0.05, 0.1) is 24.7 Å². The van der Waals surface area contributed by atoms with Gasteiger partial charge in [0.15, 0.2) is 21.2 Å². The monoisotopic (exact) mass is 894 g/mol. The van der Waals surface area contributed by atoms with Gasteiger partial charge in [-0.25, -0.2) is 0 Å². The highest BCUT2D eigenvalue weighted by Crippen LogP contribution is 2.48. The molecule has 1 aliphatic carbocycles. The number of anilines is 1. The number of aromatic nitrogens is 1. The Morgan fingerprint density at radius 2 is 1.80 bits per heavy atom. The van der Waals surface area contributed by atoms with Crippen LogP contribution in [0.15, 0.2) is 42.7 Å². The van der Waals surface area contributed by atoms with Crippen LogP contribution in [0.25, 0.3) is 0 Å². The fourth-order valence-electron chi connectivity index (χ4n) is 8.28. The van der Waals surface area contributed by atoms with Crippen molar-refractivity contribution in [3.63, 3.8) is 0 Å². The van der Waals surface area contributed by atoms with E-state index in [1.807, 2.05) is 44.2 Å². The second-order valence-corrected chi connectivity index (χ2v) is 18.4. The Bertz CT molecular complexity index is 1560. The first-order chi connectivity index (χ1) is 26.1. The minimum absolute atomic E-state index is 0.0437. The van der Waals surface area contributed by atoms with Crippen molar-refractivity contribution in [3.8, 4) is 11.5 Å². The number of rotatable bonds is 22. The summed E-state index contributed by atoms with van der Waals surface area (Å²) in [5.74, 6) is 0.0788. The average Bonchev–Trinajstić information content (AvgIpc) is 3.76. The number of carbonyl (C=O) groups excluding carboxylic acids is 3. The summed E-state index contributed by atoms with van der Waals surface area (Å²) in [5, 5.41) is -0.623. The first kappa shape index (κ1) is 45.1. The topological polar surface area (TPSA) is 113 Å². The van der Waals surface area contributed by atoms with Crippen molar-refractivity contribution in [2.45, 2.75) is 133 Å². The molecule has 0 N–H and O–H groups in total. The number of ketones is 1. The molecule has 306 valence electrons. The first-order valence-corrected chi connectivity index (χ1v) is 22.2. The van der Waals surface area contributed by atoms with Crippen molar-refractivity contribution in [1.82, 2.24) is 4.98 Å². The third kappa shape index (κ3) is 12.0. The Morgan fingerprint density at radius 1 is 1.11 bits per heavy atom. The average molecular weight is 895 g/mol. The number of alkyl halides is 1. The number of methoxy groups -OCH3 is 2. The molecule has 4 rings (SSSR count). The number of halogens is 1. The number of ether oxygens (including phenoxy) is 5. The molecule has 1 saturated carbocycles. The highest BCUT2D eigenvalue weighted by atomic mass is 127. The summed E-state index contributed by atoms with van der Waals surface area (Å²) in [5.41, 5.74) is 0.626. The molecule has 1 saturated heterocycles. The van der Waals surface area contributed by atoms with Crippen LogP contribution in [0.4, 0.5) is 5.69 Å². The van der Waals surface area contributed by atoms with Crippen LogP contribution >= 0.6 is 34.4 Å². The van der Waals surface area contributed by atoms with Gasteiger partial charge in [-0.1, -0.05) is 34.1 Å². The molecule has 2 aliphatic rings. The molecule has 8 atom stereocenters. The Labute approximate surface area is 347 Å². The third-order valence-corrected chi connectivity index (χ3v) is 14.2. The second-order valence-electron chi connectivity index (χ2n) is 16.1. The van der Waals surface area contributed by atoms with Crippen molar-refractivity contribution < 1.29 is 38.1 Å². The Balaban J connectivity index is 1.49. The van der Waals surface area contributed by atoms with Gasteiger partial charge in [-0.2, -0.15) is 0 Å². The highest BCUT2D eigenvalue weighted by molar-refractivity contribution is 14.1. The van der Waals surface area contributed by atoms with Gasteiger partial charge in [0, 0.05) is 61.9 Å². The smallest absolute Gasteiger partial charge is 0.320 e. The van der Waals surface area contributed by atoms with Gasteiger partial charge in [0.1, 0.15) is 11.0 Å². The van der Waals surface area contributed by atoms with Gasteiger partial charge < -0.3 is 28.6 Å². The molecule has 0 unspecified atom stereocenters. The highest BCUT2D eigenvalue weighted by Gasteiger charge is 2.60. The lowest BCUT2D eigenvalue weighted by Crippen LogP contribution is -2.49. The zero-order valence-corrected chi connectivity index (χ0v) is 37.3. The van der Waals surface area contributed by atoms with Crippen LogP contribution in [0, 0.1) is 23.7 Å². The number of hydrogen-bond donors (Lipinski definition) is 0. The van der Waals surface area contributed by atoms with E-state index in [4.69, 9.17) is 23.7 Å². The molecule has 2 heterocycles. The number of cyclic esters (lactones) is 1. The molecular weight excluding hydrogens is 831 g/mol. The van der Waals surface area contributed by atoms with Crippen LogP contribution < -0.4 is 14.4 Å². The molecule has 2 fully saturated rings. The van der Waals surface area contributed by atoms with E-state index in [2.05, 4.69) is 53.2 Å². The van der Waals surface area contributed by atoms with Gasteiger partial charge >= 0.3 is 11.9 Å². The number of thioether (sulfide) groups is 1. The van der Waals surface area contributed by atoms with E-state index >= 15 is 0 Å². The van der Waals surface area contributed by atoms with Gasteiger partial charge in [0.2, 0.25) is 0 Å². The van der Waals surface area contributed by atoms with Crippen molar-refractivity contribution >= 4 is 57.8 Å². The van der Waals surface area contributed by atoms with E-state index in [1.54, 1.807) is 40.5 Å². The van der Waals surface area contributed by atoms with E-state index in [-0.39, 0.29) is 35.3 Å². The molecule has 0 spiro atoms. The summed E-state index contributed by atoms with van der Waals surface area (Å²) < 4.78 is 29.4. The van der Waals surface area contributed by atoms with Crippen molar-refractivity contribution in [3.05, 3.63) is 48.3 Å². The van der Waals surface area contributed by atoms with E-state index in [0.29, 0.717) is 31.0 Å². The van der Waals surface area contributed by atoms with E-state index in [9.17, 15) is 14.4 Å². The van der Waals surface area contributed by atoms with Crippen molar-refractivity contribution in [1.29, 1.82) is 0 Å². The SMILES string of the molecule is CCC[C@](C)(C[C@@H](C)C[C@@H](C)C(=O)O[C@H](I)[C@@]1(C)OC(=O)[C@@H](SCCN(Cc2ccncc2)c2ccc(OC)c(OC3CCCC3)c2)[C@@H]1[C@@H](C)C(C)=O)OC. The fourth-order valence-corrected chi connectivity index (χ4v) is 10.6. The predicted molar refractivity (Wildman–Crippen MR) is 227 cm³/mol. The third-order valence-electron chi connectivity index (χ3n) is 11.5. The zero-order valence-electron chi connectivity index (χ0n) is 34.3. The number of benzene rings is 1. The van der Waals surface area contributed by atoms with Crippen LogP contribution in [0.1, 0.15) is 105 Å². The van der Waals surface area contributed by atoms with E-state index in [1.165, 1.54) is 11.8 Å². The van der Waals surface area contributed by atoms with Gasteiger partial charge in [-0.3, -0.25) is 19.4 Å². The minimum atomic E-state index is -1.20. The maximum Gasteiger partial charge on any atom is 0.320 e. The molecule has 0 bridgehead atoms. The normalized spacial score (nSPS) is 23.3. The van der Waals surface area contributed by atoms with E-state index in [0.717, 1.165) is 61.9 Å². The summed E-state index contributed by atoms with van der Waals surface area (Å²) in [7, 11) is 3.40. The van der Waals surface area contributed by atoms with Crippen LogP contribution in [0.2, 0.25) is 0 Å². The Morgan fingerprint density at radius 3 is 2.42 bits per heavy atom. The number of nitrogens with zero attached hydrogens (tertiary/aromatic N) is 2. The Hall–Kier alpha value is -2.58. The molecule has 2 aromatic rings. The predicted octanol–water partition coefficient (Wildman–Crippen LogP) is 9.24. The largest absolute Gasteiger partial charge is 0.493 e.